The molecule has 0 unspecified atom stereocenters. The first-order valence-electron chi connectivity index (χ1n) is 6.80. The van der Waals surface area contributed by atoms with E-state index in [0.717, 1.165) is 18.4 Å². The zero-order valence-corrected chi connectivity index (χ0v) is 11.5. The van der Waals surface area contributed by atoms with E-state index in [4.69, 9.17) is 15.9 Å². The topological polar surface area (TPSA) is 38.8 Å². The van der Waals surface area contributed by atoms with E-state index in [1.165, 1.54) is 0 Å². The quantitative estimate of drug-likeness (QED) is 0.791. The summed E-state index contributed by atoms with van der Waals surface area (Å²) in [6.07, 6.45) is 6.67. The molecule has 1 aromatic rings. The molecule has 0 spiro atoms. The summed E-state index contributed by atoms with van der Waals surface area (Å²) in [4.78, 5) is 13.6. The van der Waals surface area contributed by atoms with Gasteiger partial charge in [-0.1, -0.05) is 36.3 Å². The largest absolute Gasteiger partial charge is 0.445 e. The van der Waals surface area contributed by atoms with Crippen LogP contribution < -0.4 is 0 Å². The SMILES string of the molecule is C#CCOC1CCN(C(=O)OCc2ccccc2)CC1. The summed E-state index contributed by atoms with van der Waals surface area (Å²) in [5.74, 6) is 2.46. The van der Waals surface area contributed by atoms with Crippen molar-refractivity contribution in [3.05, 3.63) is 35.9 Å². The van der Waals surface area contributed by atoms with Crippen LogP contribution in [0.1, 0.15) is 18.4 Å². The number of carbonyl (C=O) groups is 1. The highest BCUT2D eigenvalue weighted by atomic mass is 16.6. The molecule has 4 heteroatoms. The van der Waals surface area contributed by atoms with E-state index in [0.29, 0.717) is 26.3 Å². The van der Waals surface area contributed by atoms with E-state index in [1.54, 1.807) is 4.90 Å². The third-order valence-corrected chi connectivity index (χ3v) is 3.31. The van der Waals surface area contributed by atoms with Gasteiger partial charge >= 0.3 is 6.09 Å². The van der Waals surface area contributed by atoms with E-state index < -0.39 is 0 Å². The molecule has 0 aliphatic carbocycles. The normalized spacial score (nSPS) is 15.7. The Hall–Kier alpha value is -1.99. The van der Waals surface area contributed by atoms with Crippen LogP contribution in [0.15, 0.2) is 30.3 Å². The molecule has 1 heterocycles. The van der Waals surface area contributed by atoms with E-state index >= 15 is 0 Å². The highest BCUT2D eigenvalue weighted by Gasteiger charge is 2.23. The summed E-state index contributed by atoms with van der Waals surface area (Å²) in [5, 5.41) is 0. The molecule has 4 nitrogen and oxygen atoms in total. The average Bonchev–Trinajstić information content (AvgIpc) is 2.52. The molecule has 2 rings (SSSR count). The first-order valence-corrected chi connectivity index (χ1v) is 6.80. The van der Waals surface area contributed by atoms with Gasteiger partial charge in [0.25, 0.3) is 0 Å². The number of hydrogen-bond acceptors (Lipinski definition) is 3. The molecule has 0 aromatic heterocycles. The van der Waals surface area contributed by atoms with Gasteiger partial charge < -0.3 is 14.4 Å². The number of hydrogen-bond donors (Lipinski definition) is 0. The van der Waals surface area contributed by atoms with Gasteiger partial charge in [0.15, 0.2) is 0 Å². The predicted octanol–water partition coefficient (Wildman–Crippen LogP) is 2.44. The standard InChI is InChI=1S/C16H19NO3/c1-2-12-19-15-8-10-17(11-9-15)16(18)20-13-14-6-4-3-5-7-14/h1,3-7,15H,8-13H2. The minimum Gasteiger partial charge on any atom is -0.445 e. The molecule has 0 radical (unpaired) electrons. The van der Waals surface area contributed by atoms with Crippen molar-refractivity contribution in [1.29, 1.82) is 0 Å². The van der Waals surface area contributed by atoms with E-state index in [9.17, 15) is 4.79 Å². The average molecular weight is 273 g/mol. The maximum Gasteiger partial charge on any atom is 0.410 e. The van der Waals surface area contributed by atoms with Gasteiger partial charge in [-0.3, -0.25) is 0 Å². The van der Waals surface area contributed by atoms with Gasteiger partial charge in [-0.25, -0.2) is 4.79 Å². The van der Waals surface area contributed by atoms with Crippen LogP contribution in [0.4, 0.5) is 4.79 Å². The van der Waals surface area contributed by atoms with Gasteiger partial charge in [-0.2, -0.15) is 0 Å². The number of carbonyl (C=O) groups excluding carboxylic acids is 1. The van der Waals surface area contributed by atoms with Crippen molar-refractivity contribution in [3.8, 4) is 12.3 Å². The third kappa shape index (κ3) is 4.29. The van der Waals surface area contributed by atoms with Crippen LogP contribution in [0.25, 0.3) is 0 Å². The summed E-state index contributed by atoms with van der Waals surface area (Å²) >= 11 is 0. The van der Waals surface area contributed by atoms with Crippen molar-refractivity contribution in [2.24, 2.45) is 0 Å². The van der Waals surface area contributed by atoms with Crippen LogP contribution in [0, 0.1) is 12.3 Å². The highest BCUT2D eigenvalue weighted by molar-refractivity contribution is 5.67. The second-order valence-electron chi connectivity index (χ2n) is 4.74. The van der Waals surface area contributed by atoms with Gasteiger partial charge in [0, 0.05) is 13.1 Å². The first-order chi connectivity index (χ1) is 9.79. The maximum atomic E-state index is 11.9. The van der Waals surface area contributed by atoms with Crippen LogP contribution >= 0.6 is 0 Å². The Bertz CT molecular complexity index is 458. The molecule has 106 valence electrons. The van der Waals surface area contributed by atoms with Crippen LogP contribution in [0.2, 0.25) is 0 Å². The van der Waals surface area contributed by atoms with Crippen LogP contribution in [-0.4, -0.2) is 36.8 Å². The monoisotopic (exact) mass is 273 g/mol. The van der Waals surface area contributed by atoms with Crippen molar-refractivity contribution in [3.63, 3.8) is 0 Å². The fraction of sp³-hybridized carbons (Fsp3) is 0.438. The summed E-state index contributed by atoms with van der Waals surface area (Å²) in [6.45, 7) is 1.96. The number of piperidine rings is 1. The van der Waals surface area contributed by atoms with Gasteiger partial charge in [0.1, 0.15) is 13.2 Å². The number of rotatable bonds is 4. The van der Waals surface area contributed by atoms with Crippen LogP contribution in [0.5, 0.6) is 0 Å². The van der Waals surface area contributed by atoms with E-state index in [-0.39, 0.29) is 12.2 Å². The molecule has 0 bridgehead atoms. The highest BCUT2D eigenvalue weighted by Crippen LogP contribution is 2.15. The molecule has 20 heavy (non-hydrogen) atoms. The van der Waals surface area contributed by atoms with Gasteiger partial charge in [0.2, 0.25) is 0 Å². The molecule has 1 aromatic carbocycles. The Morgan fingerprint density at radius 1 is 1.30 bits per heavy atom. The Kier molecular flexibility index (Phi) is 5.45. The van der Waals surface area contributed by atoms with Gasteiger partial charge in [0.05, 0.1) is 6.10 Å². The molecule has 1 amide bonds. The zero-order valence-electron chi connectivity index (χ0n) is 11.5. The van der Waals surface area contributed by atoms with Crippen molar-refractivity contribution in [2.75, 3.05) is 19.7 Å². The lowest BCUT2D eigenvalue weighted by Crippen LogP contribution is -2.41. The molecule has 1 fully saturated rings. The van der Waals surface area contributed by atoms with Crippen molar-refractivity contribution in [1.82, 2.24) is 4.90 Å². The lowest BCUT2D eigenvalue weighted by atomic mass is 10.1. The number of benzene rings is 1. The summed E-state index contributed by atoms with van der Waals surface area (Å²) in [6, 6.07) is 9.67. The minimum absolute atomic E-state index is 0.157. The minimum atomic E-state index is -0.260. The molecular formula is C16H19NO3. The fourth-order valence-corrected chi connectivity index (χ4v) is 2.18. The Morgan fingerprint density at radius 2 is 2.00 bits per heavy atom. The molecule has 0 saturated carbocycles. The van der Waals surface area contributed by atoms with Gasteiger partial charge in [-0.05, 0) is 18.4 Å². The number of nitrogens with zero attached hydrogens (tertiary/aromatic N) is 1. The van der Waals surface area contributed by atoms with Crippen LogP contribution in [-0.2, 0) is 16.1 Å². The molecular weight excluding hydrogens is 254 g/mol. The number of amides is 1. The fourth-order valence-electron chi connectivity index (χ4n) is 2.18. The summed E-state index contributed by atoms with van der Waals surface area (Å²) < 4.78 is 10.8. The van der Waals surface area contributed by atoms with Crippen molar-refractivity contribution < 1.29 is 14.3 Å². The molecule has 1 aliphatic rings. The first kappa shape index (κ1) is 14.4. The Morgan fingerprint density at radius 3 is 2.65 bits per heavy atom. The van der Waals surface area contributed by atoms with E-state index in [1.807, 2.05) is 30.3 Å². The number of terminal acetylenes is 1. The number of likely N-dealkylation sites (tertiary alicyclic amines) is 1. The maximum absolute atomic E-state index is 11.9. The smallest absolute Gasteiger partial charge is 0.410 e. The third-order valence-electron chi connectivity index (χ3n) is 3.31. The van der Waals surface area contributed by atoms with E-state index in [2.05, 4.69) is 5.92 Å². The predicted molar refractivity (Wildman–Crippen MR) is 76.0 cm³/mol. The Balaban J connectivity index is 1.71. The van der Waals surface area contributed by atoms with Crippen molar-refractivity contribution in [2.45, 2.75) is 25.6 Å². The zero-order chi connectivity index (χ0) is 14.2. The Labute approximate surface area is 119 Å². The molecule has 1 saturated heterocycles. The molecule has 0 N–H and O–H groups in total. The molecule has 1 aliphatic heterocycles. The van der Waals surface area contributed by atoms with Crippen LogP contribution in [0.3, 0.4) is 0 Å². The summed E-state index contributed by atoms with van der Waals surface area (Å²) in [5.41, 5.74) is 0.994. The summed E-state index contributed by atoms with van der Waals surface area (Å²) in [7, 11) is 0. The number of ether oxygens (including phenoxy) is 2. The van der Waals surface area contributed by atoms with Gasteiger partial charge in [-0.15, -0.1) is 6.42 Å². The second kappa shape index (κ2) is 7.56. The lowest BCUT2D eigenvalue weighted by Gasteiger charge is -2.30. The second-order valence-corrected chi connectivity index (χ2v) is 4.74. The van der Waals surface area contributed by atoms with Crippen molar-refractivity contribution >= 4 is 6.09 Å². The lowest BCUT2D eigenvalue weighted by molar-refractivity contribution is 0.0192. The molecule has 0 atom stereocenters.